The number of hydrogen-bond donors (Lipinski definition) is 0. The molecule has 0 aromatic heterocycles. The number of hydrogen-bond acceptors (Lipinski definition) is 2. The fraction of sp³-hybridized carbons (Fsp3) is 0.581. The summed E-state index contributed by atoms with van der Waals surface area (Å²) in [5.41, 5.74) is 4.53. The molecular formula is C31H49NOSi2. The molecule has 0 aliphatic heterocycles. The van der Waals surface area contributed by atoms with Crippen LogP contribution in [0, 0.1) is 11.3 Å². The molecule has 2 rings (SSSR count). The minimum Gasteiger partial charge on any atom is -0.455 e. The van der Waals surface area contributed by atoms with Crippen molar-refractivity contribution in [2.75, 3.05) is 0 Å². The van der Waals surface area contributed by atoms with Crippen LogP contribution in [-0.4, -0.2) is 16.6 Å². The van der Waals surface area contributed by atoms with Gasteiger partial charge in [-0.3, -0.25) is 0 Å². The van der Waals surface area contributed by atoms with Crippen molar-refractivity contribution in [2.45, 2.75) is 116 Å². The highest BCUT2D eigenvalue weighted by Gasteiger charge is 2.40. The zero-order chi connectivity index (χ0) is 25.6. The smallest absolute Gasteiger partial charge is 0.179 e. The Kier molecular flexibility index (Phi) is 13.0. The van der Waals surface area contributed by atoms with Crippen LogP contribution in [0.15, 0.2) is 48.5 Å². The van der Waals surface area contributed by atoms with Gasteiger partial charge in [0.2, 0.25) is 0 Å². The lowest BCUT2D eigenvalue weighted by Gasteiger charge is -2.41. The molecule has 0 aliphatic carbocycles. The quantitative estimate of drug-likeness (QED) is 0.157. The summed E-state index contributed by atoms with van der Waals surface area (Å²) in [7, 11) is -3.04. The first kappa shape index (κ1) is 29.6. The third-order valence-corrected chi connectivity index (χ3v) is 19.5. The van der Waals surface area contributed by atoms with Crippen molar-refractivity contribution in [1.29, 1.82) is 5.26 Å². The first-order valence-electron chi connectivity index (χ1n) is 14.3. The maximum atomic E-state index is 8.96. The molecule has 0 atom stereocenters. The lowest BCUT2D eigenvalue weighted by Crippen LogP contribution is -2.50. The third-order valence-electron chi connectivity index (χ3n) is 8.30. The van der Waals surface area contributed by atoms with Gasteiger partial charge in [-0.25, -0.2) is 0 Å². The number of aryl methyl sites for hydroxylation is 1. The van der Waals surface area contributed by atoms with Gasteiger partial charge in [0.25, 0.3) is 0 Å². The Morgan fingerprint density at radius 3 is 1.54 bits per heavy atom. The average molecular weight is 508 g/mol. The van der Waals surface area contributed by atoms with Gasteiger partial charge in [-0.15, -0.1) is 0 Å². The third kappa shape index (κ3) is 9.05. The van der Waals surface area contributed by atoms with E-state index in [0.29, 0.717) is 5.56 Å². The summed E-state index contributed by atoms with van der Waals surface area (Å²) >= 11 is 0. The molecule has 0 fully saturated rings. The van der Waals surface area contributed by atoms with Crippen molar-refractivity contribution in [3.8, 4) is 17.2 Å². The number of unbranched alkanes of at least 4 members (excludes halogenated alkanes) is 5. The molecule has 35 heavy (non-hydrogen) atoms. The van der Waals surface area contributed by atoms with Gasteiger partial charge >= 0.3 is 0 Å². The van der Waals surface area contributed by atoms with E-state index in [2.05, 4.69) is 65.0 Å². The lowest BCUT2D eigenvalue weighted by molar-refractivity contribution is 0.498. The SMILES string of the molecule is CC[Si](CC)(CC)O[Si](CC)(CC)CCCCCCCCc1ccc(-c2ccc(C#N)cc2)cc1. The molecular weight excluding hydrogens is 459 g/mol. The Bertz CT molecular complexity index is 869. The number of rotatable bonds is 17. The Labute approximate surface area is 218 Å². The fourth-order valence-corrected chi connectivity index (χ4v) is 15.9. The standard InChI is InChI=1S/C31H49NOSi2/c1-6-34(7-2,8-3)33-35(9-4,10-5)26-16-14-12-11-13-15-17-28-18-22-30(23-19-28)31-24-20-29(27-32)21-25-31/h18-25H,6-17,26H2,1-5H3. The van der Waals surface area contributed by atoms with Crippen LogP contribution in [0.2, 0.25) is 36.3 Å². The summed E-state index contributed by atoms with van der Waals surface area (Å²) in [6, 6.07) is 26.8. The van der Waals surface area contributed by atoms with Crippen molar-refractivity contribution < 1.29 is 4.12 Å². The molecule has 0 unspecified atom stereocenters. The first-order valence-corrected chi connectivity index (χ1v) is 19.3. The maximum absolute atomic E-state index is 8.96. The molecule has 2 nitrogen and oxygen atoms in total. The van der Waals surface area contributed by atoms with Crippen molar-refractivity contribution in [3.63, 3.8) is 0 Å². The second kappa shape index (κ2) is 15.4. The molecule has 2 aromatic rings. The zero-order valence-corrected chi connectivity index (χ0v) is 25.2. The van der Waals surface area contributed by atoms with E-state index in [4.69, 9.17) is 9.38 Å². The number of nitriles is 1. The van der Waals surface area contributed by atoms with E-state index in [1.807, 2.05) is 24.3 Å². The topological polar surface area (TPSA) is 33.0 Å². The van der Waals surface area contributed by atoms with E-state index in [-0.39, 0.29) is 0 Å². The van der Waals surface area contributed by atoms with Gasteiger partial charge in [-0.1, -0.05) is 103 Å². The minimum absolute atomic E-state index is 0.712. The maximum Gasteiger partial charge on any atom is 0.179 e. The summed E-state index contributed by atoms with van der Waals surface area (Å²) in [4.78, 5) is 0. The molecule has 4 heteroatoms. The van der Waals surface area contributed by atoms with Gasteiger partial charge in [0.15, 0.2) is 16.6 Å². The van der Waals surface area contributed by atoms with Crippen molar-refractivity contribution in [1.82, 2.24) is 0 Å². The summed E-state index contributed by atoms with van der Waals surface area (Å²) in [6.07, 6.45) is 9.24. The number of nitrogens with zero attached hydrogens (tertiary/aromatic N) is 1. The van der Waals surface area contributed by atoms with Crippen LogP contribution in [0.5, 0.6) is 0 Å². The van der Waals surface area contributed by atoms with Crippen molar-refractivity contribution >= 4 is 16.6 Å². The summed E-state index contributed by atoms with van der Waals surface area (Å²) in [6.45, 7) is 11.9. The highest BCUT2D eigenvalue weighted by molar-refractivity contribution is 6.87. The zero-order valence-electron chi connectivity index (χ0n) is 23.2. The summed E-state index contributed by atoms with van der Waals surface area (Å²) in [5.74, 6) is 0. The Morgan fingerprint density at radius 1 is 0.600 bits per heavy atom. The van der Waals surface area contributed by atoms with Gasteiger partial charge in [-0.05, 0) is 77.9 Å². The predicted octanol–water partition coefficient (Wildman–Crippen LogP) is 10.1. The van der Waals surface area contributed by atoms with Gasteiger partial charge in [-0.2, -0.15) is 5.26 Å². The predicted molar refractivity (Wildman–Crippen MR) is 158 cm³/mol. The van der Waals surface area contributed by atoms with Crippen molar-refractivity contribution in [2.24, 2.45) is 0 Å². The summed E-state index contributed by atoms with van der Waals surface area (Å²) in [5, 5.41) is 8.96. The molecule has 0 heterocycles. The largest absolute Gasteiger partial charge is 0.455 e. The molecule has 0 spiro atoms. The summed E-state index contributed by atoms with van der Waals surface area (Å²) < 4.78 is 7.18. The second-order valence-corrected chi connectivity index (χ2v) is 19.8. The minimum atomic E-state index is -1.55. The van der Waals surface area contributed by atoms with Crippen LogP contribution in [0.25, 0.3) is 11.1 Å². The molecule has 0 amide bonds. The molecule has 0 saturated heterocycles. The Morgan fingerprint density at radius 2 is 1.06 bits per heavy atom. The van der Waals surface area contributed by atoms with Crippen LogP contribution >= 0.6 is 0 Å². The van der Waals surface area contributed by atoms with Crippen molar-refractivity contribution in [3.05, 3.63) is 59.7 Å². The van der Waals surface area contributed by atoms with Gasteiger partial charge in [0.1, 0.15) is 0 Å². The van der Waals surface area contributed by atoms with E-state index in [1.165, 1.54) is 97.9 Å². The van der Waals surface area contributed by atoms with Crippen LogP contribution in [0.3, 0.4) is 0 Å². The Balaban J connectivity index is 1.67. The normalized spacial score (nSPS) is 12.0. The lowest BCUT2D eigenvalue weighted by atomic mass is 10.00. The van der Waals surface area contributed by atoms with Crippen LogP contribution in [-0.2, 0) is 10.5 Å². The molecule has 0 bridgehead atoms. The van der Waals surface area contributed by atoms with Crippen LogP contribution in [0.1, 0.15) is 84.3 Å². The highest BCUT2D eigenvalue weighted by atomic mass is 28.4. The average Bonchev–Trinajstić information content (AvgIpc) is 2.93. The Hall–Kier alpha value is -1.68. The molecule has 0 radical (unpaired) electrons. The number of benzene rings is 2. The van der Waals surface area contributed by atoms with E-state index >= 15 is 0 Å². The van der Waals surface area contributed by atoms with Crippen LogP contribution in [0.4, 0.5) is 0 Å². The molecule has 2 aromatic carbocycles. The van der Waals surface area contributed by atoms with E-state index in [9.17, 15) is 0 Å². The first-order chi connectivity index (χ1) is 17.0. The molecule has 192 valence electrons. The van der Waals surface area contributed by atoms with E-state index < -0.39 is 16.6 Å². The van der Waals surface area contributed by atoms with E-state index in [0.717, 1.165) is 0 Å². The van der Waals surface area contributed by atoms with Gasteiger partial charge < -0.3 is 4.12 Å². The fourth-order valence-electron chi connectivity index (χ4n) is 5.31. The monoisotopic (exact) mass is 507 g/mol. The highest BCUT2D eigenvalue weighted by Crippen LogP contribution is 2.33. The van der Waals surface area contributed by atoms with Gasteiger partial charge in [0.05, 0.1) is 11.6 Å². The molecule has 0 N–H and O–H groups in total. The van der Waals surface area contributed by atoms with Gasteiger partial charge in [0, 0.05) is 0 Å². The van der Waals surface area contributed by atoms with Crippen LogP contribution < -0.4 is 0 Å². The van der Waals surface area contributed by atoms with E-state index in [1.54, 1.807) is 0 Å². The molecule has 0 saturated carbocycles. The molecule has 0 aliphatic rings. The second-order valence-electron chi connectivity index (χ2n) is 10.2.